The number of nitrogens with one attached hydrogen (secondary N) is 1. The molecule has 0 aliphatic heterocycles. The SMILES string of the molecule is C=CCC1Cc2ccc(C(CC/C(N)=C/NCC)CC(=C)C)cc2C1N(C)C1CCCCC1. The Morgan fingerprint density at radius 2 is 2.03 bits per heavy atom. The van der Waals surface area contributed by atoms with E-state index in [1.807, 2.05) is 6.20 Å². The summed E-state index contributed by atoms with van der Waals surface area (Å²) in [5.41, 5.74) is 13.0. The van der Waals surface area contributed by atoms with Crippen LogP contribution in [0.1, 0.15) is 100 Å². The Morgan fingerprint density at radius 1 is 1.27 bits per heavy atom. The first-order valence-corrected chi connectivity index (χ1v) is 13.2. The van der Waals surface area contributed by atoms with E-state index in [-0.39, 0.29) is 0 Å². The number of hydrogen-bond donors (Lipinski definition) is 2. The van der Waals surface area contributed by atoms with E-state index in [9.17, 15) is 0 Å². The van der Waals surface area contributed by atoms with E-state index in [1.54, 1.807) is 11.1 Å². The minimum absolute atomic E-state index is 0.459. The molecule has 0 radical (unpaired) electrons. The molecule has 3 N–H and O–H groups in total. The Morgan fingerprint density at radius 3 is 2.70 bits per heavy atom. The van der Waals surface area contributed by atoms with Crippen LogP contribution in [0.25, 0.3) is 0 Å². The summed E-state index contributed by atoms with van der Waals surface area (Å²) in [4.78, 5) is 2.73. The van der Waals surface area contributed by atoms with Crippen molar-refractivity contribution in [3.05, 3.63) is 71.6 Å². The third-order valence-electron chi connectivity index (χ3n) is 7.82. The molecular formula is C30H47N3. The molecule has 0 amide bonds. The zero-order valence-corrected chi connectivity index (χ0v) is 21.4. The maximum Gasteiger partial charge on any atom is 0.0385 e. The molecule has 3 heteroatoms. The van der Waals surface area contributed by atoms with Crippen molar-refractivity contribution in [2.75, 3.05) is 13.6 Å². The first kappa shape index (κ1) is 25.6. The highest BCUT2D eigenvalue weighted by Gasteiger charge is 2.37. The van der Waals surface area contributed by atoms with Gasteiger partial charge in [0.05, 0.1) is 0 Å². The first-order chi connectivity index (χ1) is 15.9. The van der Waals surface area contributed by atoms with Crippen LogP contribution in [-0.4, -0.2) is 24.5 Å². The number of fused-ring (bicyclic) bond motifs is 1. The molecule has 1 saturated carbocycles. The third kappa shape index (κ3) is 6.76. The summed E-state index contributed by atoms with van der Waals surface area (Å²) >= 11 is 0. The predicted octanol–water partition coefficient (Wildman–Crippen LogP) is 6.98. The van der Waals surface area contributed by atoms with Crippen LogP contribution in [-0.2, 0) is 6.42 Å². The quantitative estimate of drug-likeness (QED) is 0.338. The van der Waals surface area contributed by atoms with E-state index in [1.165, 1.54) is 49.7 Å². The lowest BCUT2D eigenvalue weighted by atomic mass is 9.85. The van der Waals surface area contributed by atoms with Crippen LogP contribution in [0.15, 0.2) is 54.9 Å². The van der Waals surface area contributed by atoms with Crippen molar-refractivity contribution < 1.29 is 0 Å². The van der Waals surface area contributed by atoms with Crippen LogP contribution < -0.4 is 11.1 Å². The maximum atomic E-state index is 6.26. The standard InChI is InChI=1S/C30H47N3/c1-6-11-26-19-25-15-14-24(23(18-22(3)4)16-17-27(31)21-32-7-2)20-29(25)30(26)33(5)28-12-9-8-10-13-28/h6,14-15,20-21,23,26,28,30,32H,1,3,7-13,16-19,31H2,2,4-5H3/b27-21-. The molecule has 0 spiro atoms. The van der Waals surface area contributed by atoms with Gasteiger partial charge in [0, 0.05) is 30.5 Å². The Kier molecular flexibility index (Phi) is 9.67. The van der Waals surface area contributed by atoms with Crippen molar-refractivity contribution in [2.45, 2.75) is 96.1 Å². The second kappa shape index (κ2) is 12.5. The molecule has 1 fully saturated rings. The number of nitrogens with zero attached hydrogens (tertiary/aromatic N) is 1. The van der Waals surface area contributed by atoms with E-state index in [0.717, 1.165) is 37.9 Å². The number of rotatable bonds is 12. The van der Waals surface area contributed by atoms with Gasteiger partial charge in [0.2, 0.25) is 0 Å². The fourth-order valence-electron chi connectivity index (χ4n) is 6.12. The Bertz CT molecular complexity index is 818. The Hall–Kier alpha value is -2.00. The van der Waals surface area contributed by atoms with Crippen molar-refractivity contribution in [3.8, 4) is 0 Å². The van der Waals surface area contributed by atoms with Gasteiger partial charge in [0.15, 0.2) is 0 Å². The fraction of sp³-hybridized carbons (Fsp3) is 0.600. The smallest absolute Gasteiger partial charge is 0.0385 e. The van der Waals surface area contributed by atoms with Crippen LogP contribution in [0.3, 0.4) is 0 Å². The molecule has 3 unspecified atom stereocenters. The maximum absolute atomic E-state index is 6.26. The van der Waals surface area contributed by atoms with Gasteiger partial charge in [-0.05, 0) is 94.4 Å². The zero-order valence-electron chi connectivity index (χ0n) is 21.4. The summed E-state index contributed by atoms with van der Waals surface area (Å²) in [7, 11) is 2.39. The highest BCUT2D eigenvalue weighted by atomic mass is 15.2. The molecule has 2 aliphatic rings. The summed E-state index contributed by atoms with van der Waals surface area (Å²) < 4.78 is 0. The third-order valence-corrected chi connectivity index (χ3v) is 7.82. The van der Waals surface area contributed by atoms with E-state index < -0.39 is 0 Å². The van der Waals surface area contributed by atoms with Gasteiger partial charge in [0.25, 0.3) is 0 Å². The summed E-state index contributed by atoms with van der Waals surface area (Å²) in [5, 5.41) is 3.23. The van der Waals surface area contributed by atoms with Crippen molar-refractivity contribution in [2.24, 2.45) is 11.7 Å². The minimum Gasteiger partial charge on any atom is -0.401 e. The molecule has 0 heterocycles. The minimum atomic E-state index is 0.459. The zero-order chi connectivity index (χ0) is 23.8. The normalized spacial score (nSPS) is 22.2. The monoisotopic (exact) mass is 449 g/mol. The molecular weight excluding hydrogens is 402 g/mol. The highest BCUT2D eigenvalue weighted by Crippen LogP contribution is 2.45. The van der Waals surface area contributed by atoms with Gasteiger partial charge in [-0.15, -0.1) is 13.2 Å². The largest absolute Gasteiger partial charge is 0.401 e. The summed E-state index contributed by atoms with van der Waals surface area (Å²) in [6, 6.07) is 8.56. The molecule has 1 aromatic rings. The van der Waals surface area contributed by atoms with Gasteiger partial charge >= 0.3 is 0 Å². The second-order valence-electron chi connectivity index (χ2n) is 10.5. The first-order valence-electron chi connectivity index (χ1n) is 13.2. The predicted molar refractivity (Wildman–Crippen MR) is 143 cm³/mol. The van der Waals surface area contributed by atoms with Gasteiger partial charge in [0.1, 0.15) is 0 Å². The number of hydrogen-bond acceptors (Lipinski definition) is 3. The molecule has 0 aromatic heterocycles. The molecule has 0 bridgehead atoms. The van der Waals surface area contributed by atoms with Crippen LogP contribution in [0.5, 0.6) is 0 Å². The van der Waals surface area contributed by atoms with E-state index >= 15 is 0 Å². The number of benzene rings is 1. The average Bonchev–Trinajstić information content (AvgIpc) is 3.17. The number of allylic oxidation sites excluding steroid dienone is 3. The lowest BCUT2D eigenvalue weighted by Crippen LogP contribution is -2.38. The van der Waals surface area contributed by atoms with Crippen molar-refractivity contribution in [1.29, 1.82) is 0 Å². The number of nitrogens with two attached hydrogens (primary N) is 1. The highest BCUT2D eigenvalue weighted by molar-refractivity contribution is 5.41. The molecule has 3 nitrogen and oxygen atoms in total. The van der Waals surface area contributed by atoms with E-state index in [0.29, 0.717) is 23.9 Å². The van der Waals surface area contributed by atoms with Gasteiger partial charge in [-0.1, -0.05) is 49.1 Å². The Labute approximate surface area is 203 Å². The molecule has 33 heavy (non-hydrogen) atoms. The molecule has 3 atom stereocenters. The Balaban J connectivity index is 1.86. The molecule has 2 aliphatic carbocycles. The molecule has 1 aromatic carbocycles. The fourth-order valence-corrected chi connectivity index (χ4v) is 6.12. The van der Waals surface area contributed by atoms with Gasteiger partial charge in [-0.25, -0.2) is 0 Å². The van der Waals surface area contributed by atoms with Crippen LogP contribution in [0, 0.1) is 5.92 Å². The van der Waals surface area contributed by atoms with Gasteiger partial charge < -0.3 is 11.1 Å². The van der Waals surface area contributed by atoms with Crippen LogP contribution in [0.4, 0.5) is 0 Å². The lowest BCUT2D eigenvalue weighted by molar-refractivity contribution is 0.107. The molecule has 182 valence electrons. The second-order valence-corrected chi connectivity index (χ2v) is 10.5. The van der Waals surface area contributed by atoms with Crippen LogP contribution in [0.2, 0.25) is 0 Å². The summed E-state index contributed by atoms with van der Waals surface area (Å²) in [6.45, 7) is 13.5. The van der Waals surface area contributed by atoms with Crippen LogP contribution >= 0.6 is 0 Å². The molecule has 0 saturated heterocycles. The average molecular weight is 450 g/mol. The van der Waals surface area contributed by atoms with Gasteiger partial charge in [-0.3, -0.25) is 4.90 Å². The topological polar surface area (TPSA) is 41.3 Å². The van der Waals surface area contributed by atoms with Crippen molar-refractivity contribution >= 4 is 0 Å². The van der Waals surface area contributed by atoms with Crippen molar-refractivity contribution in [1.82, 2.24) is 10.2 Å². The lowest BCUT2D eigenvalue weighted by Gasteiger charge is -2.38. The molecule has 3 rings (SSSR count). The van der Waals surface area contributed by atoms with E-state index in [4.69, 9.17) is 5.73 Å². The summed E-state index contributed by atoms with van der Waals surface area (Å²) in [5.74, 6) is 1.10. The van der Waals surface area contributed by atoms with Crippen molar-refractivity contribution in [3.63, 3.8) is 0 Å². The summed E-state index contributed by atoms with van der Waals surface area (Å²) in [6.07, 6.45) is 16.2. The van der Waals surface area contributed by atoms with Gasteiger partial charge in [-0.2, -0.15) is 0 Å². The van der Waals surface area contributed by atoms with E-state index in [2.05, 4.69) is 68.5 Å².